The number of carbonyl (C=O) groups excluding carboxylic acids is 1. The Hall–Kier alpha value is -4.34. The molecule has 0 spiro atoms. The zero-order valence-corrected chi connectivity index (χ0v) is 16.2. The van der Waals surface area contributed by atoms with E-state index in [-0.39, 0.29) is 5.69 Å². The largest absolute Gasteiger partial charge is 0.439 e. The highest BCUT2D eigenvalue weighted by Gasteiger charge is 2.09. The number of anilines is 2. The SMILES string of the molecule is Cc1nccn1-c1cc(Oc2ccc(NC(=O)Nc3cc(F)ccc3F)cc2)ncn1. The lowest BCUT2D eigenvalue weighted by Gasteiger charge is -2.10. The van der Waals surface area contributed by atoms with Crippen LogP contribution in [0.2, 0.25) is 0 Å². The van der Waals surface area contributed by atoms with Crippen LogP contribution in [0.5, 0.6) is 11.6 Å². The van der Waals surface area contributed by atoms with Crippen molar-refractivity contribution in [1.82, 2.24) is 19.5 Å². The molecule has 4 rings (SSSR count). The summed E-state index contributed by atoms with van der Waals surface area (Å²) >= 11 is 0. The van der Waals surface area contributed by atoms with Gasteiger partial charge in [-0.15, -0.1) is 0 Å². The van der Waals surface area contributed by atoms with Gasteiger partial charge in [0.2, 0.25) is 5.88 Å². The maximum atomic E-state index is 13.6. The highest BCUT2D eigenvalue weighted by molar-refractivity contribution is 5.99. The number of nitrogens with zero attached hydrogens (tertiary/aromatic N) is 4. The summed E-state index contributed by atoms with van der Waals surface area (Å²) in [6.45, 7) is 1.85. The van der Waals surface area contributed by atoms with Gasteiger partial charge < -0.3 is 15.4 Å². The Bertz CT molecular complexity index is 1230. The van der Waals surface area contributed by atoms with Crippen molar-refractivity contribution in [3.05, 3.63) is 84.7 Å². The quantitative estimate of drug-likeness (QED) is 0.487. The number of carbonyl (C=O) groups is 1. The minimum atomic E-state index is -0.740. The van der Waals surface area contributed by atoms with E-state index in [2.05, 4.69) is 25.6 Å². The summed E-state index contributed by atoms with van der Waals surface area (Å²) in [6, 6.07) is 10.2. The molecule has 10 heteroatoms. The summed E-state index contributed by atoms with van der Waals surface area (Å²) in [4.78, 5) is 24.5. The van der Waals surface area contributed by atoms with Gasteiger partial charge in [-0.05, 0) is 43.3 Å². The second-order valence-electron chi connectivity index (χ2n) is 6.39. The van der Waals surface area contributed by atoms with Gasteiger partial charge in [-0.25, -0.2) is 28.5 Å². The summed E-state index contributed by atoms with van der Waals surface area (Å²) in [7, 11) is 0. The van der Waals surface area contributed by atoms with Crippen molar-refractivity contribution >= 4 is 17.4 Å². The number of amides is 2. The van der Waals surface area contributed by atoms with Crippen LogP contribution < -0.4 is 15.4 Å². The molecule has 8 nitrogen and oxygen atoms in total. The molecular formula is C21H16F2N6O2. The number of halogens is 2. The van der Waals surface area contributed by atoms with Crippen LogP contribution in [0.3, 0.4) is 0 Å². The second kappa shape index (κ2) is 8.57. The van der Waals surface area contributed by atoms with Crippen LogP contribution >= 0.6 is 0 Å². The van der Waals surface area contributed by atoms with E-state index in [0.29, 0.717) is 23.1 Å². The second-order valence-corrected chi connectivity index (χ2v) is 6.39. The Morgan fingerprint density at radius 1 is 1.00 bits per heavy atom. The Labute approximate surface area is 175 Å². The number of ether oxygens (including phenoxy) is 1. The molecule has 4 aromatic rings. The average molecular weight is 422 g/mol. The first kappa shape index (κ1) is 20.0. The van der Waals surface area contributed by atoms with Crippen molar-refractivity contribution in [2.45, 2.75) is 6.92 Å². The molecule has 156 valence electrons. The number of rotatable bonds is 5. The zero-order chi connectivity index (χ0) is 21.8. The number of benzene rings is 2. The molecule has 0 aliphatic carbocycles. The molecule has 0 aliphatic rings. The first-order chi connectivity index (χ1) is 15.0. The third-order valence-electron chi connectivity index (χ3n) is 4.21. The number of hydrogen-bond acceptors (Lipinski definition) is 5. The van der Waals surface area contributed by atoms with Gasteiger partial charge in [-0.1, -0.05) is 0 Å². The molecule has 2 aromatic heterocycles. The lowest BCUT2D eigenvalue weighted by molar-refractivity contribution is 0.262. The van der Waals surface area contributed by atoms with E-state index in [0.717, 1.165) is 24.0 Å². The van der Waals surface area contributed by atoms with Crippen LogP contribution in [-0.4, -0.2) is 25.6 Å². The monoisotopic (exact) mass is 422 g/mol. The topological polar surface area (TPSA) is 94.0 Å². The van der Waals surface area contributed by atoms with Crippen LogP contribution in [0.1, 0.15) is 5.82 Å². The minimum Gasteiger partial charge on any atom is -0.439 e. The normalized spacial score (nSPS) is 10.5. The fraction of sp³-hybridized carbons (Fsp3) is 0.0476. The Morgan fingerprint density at radius 2 is 1.81 bits per heavy atom. The van der Waals surface area contributed by atoms with E-state index >= 15 is 0 Å². The van der Waals surface area contributed by atoms with Gasteiger partial charge in [-0.3, -0.25) is 4.57 Å². The Balaban J connectivity index is 1.40. The smallest absolute Gasteiger partial charge is 0.323 e. The summed E-state index contributed by atoms with van der Waals surface area (Å²) in [5.41, 5.74) is 0.171. The van der Waals surface area contributed by atoms with Crippen LogP contribution in [0.25, 0.3) is 5.82 Å². The molecule has 0 unspecified atom stereocenters. The van der Waals surface area contributed by atoms with Gasteiger partial charge in [0.15, 0.2) is 0 Å². The number of imidazole rings is 1. The predicted molar refractivity (Wildman–Crippen MR) is 109 cm³/mol. The first-order valence-corrected chi connectivity index (χ1v) is 9.11. The molecule has 2 amide bonds. The molecule has 0 fully saturated rings. The van der Waals surface area contributed by atoms with Crippen molar-refractivity contribution in [2.75, 3.05) is 10.6 Å². The Morgan fingerprint density at radius 3 is 2.55 bits per heavy atom. The van der Waals surface area contributed by atoms with Crippen molar-refractivity contribution in [3.63, 3.8) is 0 Å². The van der Waals surface area contributed by atoms with E-state index in [1.54, 1.807) is 47.3 Å². The first-order valence-electron chi connectivity index (χ1n) is 9.11. The van der Waals surface area contributed by atoms with Gasteiger partial charge >= 0.3 is 6.03 Å². The summed E-state index contributed by atoms with van der Waals surface area (Å²) in [5.74, 6) is 0.799. The van der Waals surface area contributed by atoms with Gasteiger partial charge in [0.05, 0.1) is 5.69 Å². The lowest BCUT2D eigenvalue weighted by atomic mass is 10.3. The van der Waals surface area contributed by atoms with Crippen molar-refractivity contribution in [1.29, 1.82) is 0 Å². The molecule has 0 saturated heterocycles. The maximum Gasteiger partial charge on any atom is 0.323 e. The van der Waals surface area contributed by atoms with Crippen LogP contribution in [0.15, 0.2) is 67.3 Å². The van der Waals surface area contributed by atoms with Crippen molar-refractivity contribution < 1.29 is 18.3 Å². The Kier molecular flexibility index (Phi) is 5.52. The molecule has 0 radical (unpaired) electrons. The number of aromatic nitrogens is 4. The van der Waals surface area contributed by atoms with Crippen LogP contribution in [0, 0.1) is 18.6 Å². The van der Waals surface area contributed by atoms with Crippen molar-refractivity contribution in [3.8, 4) is 17.4 Å². The molecule has 0 atom stereocenters. The molecule has 0 saturated carbocycles. The molecular weight excluding hydrogens is 406 g/mol. The van der Waals surface area contributed by atoms with Crippen LogP contribution in [-0.2, 0) is 0 Å². The average Bonchev–Trinajstić information content (AvgIpc) is 3.18. The van der Waals surface area contributed by atoms with Crippen molar-refractivity contribution in [2.24, 2.45) is 0 Å². The summed E-state index contributed by atoms with van der Waals surface area (Å²) in [6.07, 6.45) is 4.83. The lowest BCUT2D eigenvalue weighted by Crippen LogP contribution is -2.20. The molecule has 2 heterocycles. The number of aryl methyl sites for hydroxylation is 1. The van der Waals surface area contributed by atoms with E-state index in [1.165, 1.54) is 6.33 Å². The van der Waals surface area contributed by atoms with E-state index in [1.807, 2.05) is 6.92 Å². The van der Waals surface area contributed by atoms with Gasteiger partial charge in [-0.2, -0.15) is 0 Å². The third-order valence-corrected chi connectivity index (χ3v) is 4.21. The molecule has 2 aromatic carbocycles. The van der Waals surface area contributed by atoms with E-state index in [4.69, 9.17) is 4.74 Å². The molecule has 2 N–H and O–H groups in total. The number of nitrogens with one attached hydrogen (secondary N) is 2. The van der Waals surface area contributed by atoms with Gasteiger partial charge in [0.1, 0.15) is 35.4 Å². The molecule has 0 aliphatic heterocycles. The van der Waals surface area contributed by atoms with E-state index in [9.17, 15) is 13.6 Å². The van der Waals surface area contributed by atoms with Gasteiger partial charge in [0, 0.05) is 30.2 Å². The third kappa shape index (κ3) is 4.81. The number of hydrogen-bond donors (Lipinski definition) is 2. The summed E-state index contributed by atoms with van der Waals surface area (Å²) < 4.78 is 34.4. The predicted octanol–water partition coefficient (Wildman–Crippen LogP) is 4.69. The fourth-order valence-electron chi connectivity index (χ4n) is 2.74. The highest BCUT2D eigenvalue weighted by Crippen LogP contribution is 2.23. The van der Waals surface area contributed by atoms with Crippen LogP contribution in [0.4, 0.5) is 25.0 Å². The van der Waals surface area contributed by atoms with Gasteiger partial charge in [0.25, 0.3) is 0 Å². The molecule has 31 heavy (non-hydrogen) atoms. The minimum absolute atomic E-state index is 0.259. The zero-order valence-electron chi connectivity index (χ0n) is 16.2. The fourth-order valence-corrected chi connectivity index (χ4v) is 2.74. The molecule has 0 bridgehead atoms. The standard InChI is InChI=1S/C21H16F2N6O2/c1-13-24-8-9-29(13)19-11-20(26-12-25-19)31-16-5-3-15(4-6-16)27-21(30)28-18-10-14(22)2-7-17(18)23/h2-12H,1H3,(H2,27,28,30). The highest BCUT2D eigenvalue weighted by atomic mass is 19.1. The number of urea groups is 1. The summed E-state index contributed by atoms with van der Waals surface area (Å²) in [5, 5.41) is 4.79. The maximum absolute atomic E-state index is 13.6. The van der Waals surface area contributed by atoms with E-state index < -0.39 is 17.7 Å².